The maximum absolute atomic E-state index is 9.77. The molecule has 8 heteroatoms. The lowest BCUT2D eigenvalue weighted by Crippen LogP contribution is -2.02. The SMILES string of the molecule is Cc1cc(N/N=C/c2ccccc2O)n2nc(-c3ccco3)nc2n1. The average Bonchev–Trinajstić information content (AvgIpc) is 3.25. The first kappa shape index (κ1) is 14.9. The highest BCUT2D eigenvalue weighted by atomic mass is 16.3. The number of hydrogen-bond acceptors (Lipinski definition) is 7. The molecule has 0 saturated heterocycles. The minimum atomic E-state index is 0.157. The fourth-order valence-corrected chi connectivity index (χ4v) is 2.34. The second-order valence-electron chi connectivity index (χ2n) is 5.34. The smallest absolute Gasteiger partial charge is 0.255 e. The van der Waals surface area contributed by atoms with Crippen molar-refractivity contribution in [3.8, 4) is 17.3 Å². The Kier molecular flexibility index (Phi) is 3.62. The largest absolute Gasteiger partial charge is 0.507 e. The van der Waals surface area contributed by atoms with Crippen molar-refractivity contribution in [1.82, 2.24) is 19.6 Å². The van der Waals surface area contributed by atoms with E-state index < -0.39 is 0 Å². The predicted molar refractivity (Wildman–Crippen MR) is 92.5 cm³/mol. The Balaban J connectivity index is 1.68. The normalized spacial score (nSPS) is 11.4. The molecule has 0 spiro atoms. The van der Waals surface area contributed by atoms with E-state index in [1.54, 1.807) is 47.2 Å². The zero-order valence-corrected chi connectivity index (χ0v) is 13.3. The predicted octanol–water partition coefficient (Wildman–Crippen LogP) is 2.84. The van der Waals surface area contributed by atoms with Crippen LogP contribution in [0.3, 0.4) is 0 Å². The molecule has 0 fully saturated rings. The van der Waals surface area contributed by atoms with Crippen LogP contribution >= 0.6 is 0 Å². The Bertz CT molecular complexity index is 1050. The highest BCUT2D eigenvalue weighted by Gasteiger charge is 2.12. The van der Waals surface area contributed by atoms with Crippen LogP contribution in [-0.4, -0.2) is 30.9 Å². The molecule has 0 bridgehead atoms. The Labute approximate surface area is 142 Å². The van der Waals surface area contributed by atoms with Crippen LogP contribution in [0.2, 0.25) is 0 Å². The highest BCUT2D eigenvalue weighted by Crippen LogP contribution is 2.19. The van der Waals surface area contributed by atoms with Gasteiger partial charge in [-0.05, 0) is 31.2 Å². The number of aromatic nitrogens is 4. The number of benzene rings is 1. The van der Waals surface area contributed by atoms with Crippen LogP contribution in [0, 0.1) is 6.92 Å². The number of nitrogens with one attached hydrogen (secondary N) is 1. The van der Waals surface area contributed by atoms with Crippen molar-refractivity contribution >= 4 is 17.8 Å². The molecule has 0 atom stereocenters. The van der Waals surface area contributed by atoms with Gasteiger partial charge in [0.25, 0.3) is 5.78 Å². The molecule has 3 aromatic heterocycles. The number of anilines is 1. The second kappa shape index (κ2) is 6.08. The molecule has 0 radical (unpaired) electrons. The lowest BCUT2D eigenvalue weighted by atomic mass is 10.2. The minimum Gasteiger partial charge on any atom is -0.507 e. The van der Waals surface area contributed by atoms with Gasteiger partial charge in [-0.15, -0.1) is 5.10 Å². The van der Waals surface area contributed by atoms with E-state index in [9.17, 15) is 5.11 Å². The minimum absolute atomic E-state index is 0.157. The number of para-hydroxylation sites is 1. The van der Waals surface area contributed by atoms with E-state index in [4.69, 9.17) is 4.42 Å². The Morgan fingerprint density at radius 3 is 2.88 bits per heavy atom. The van der Waals surface area contributed by atoms with E-state index in [1.807, 2.05) is 13.0 Å². The first-order valence-electron chi connectivity index (χ1n) is 7.56. The number of aryl methyl sites for hydroxylation is 1. The van der Waals surface area contributed by atoms with Gasteiger partial charge in [0.15, 0.2) is 11.6 Å². The molecule has 124 valence electrons. The van der Waals surface area contributed by atoms with E-state index in [0.29, 0.717) is 28.7 Å². The number of fused-ring (bicyclic) bond motifs is 1. The maximum atomic E-state index is 9.77. The summed E-state index contributed by atoms with van der Waals surface area (Å²) >= 11 is 0. The van der Waals surface area contributed by atoms with Gasteiger partial charge in [-0.2, -0.15) is 14.6 Å². The summed E-state index contributed by atoms with van der Waals surface area (Å²) in [6.45, 7) is 1.86. The number of phenols is 1. The van der Waals surface area contributed by atoms with Crippen LogP contribution in [0.1, 0.15) is 11.3 Å². The Morgan fingerprint density at radius 2 is 2.08 bits per heavy atom. The van der Waals surface area contributed by atoms with Crippen molar-refractivity contribution in [2.24, 2.45) is 5.10 Å². The average molecular weight is 334 g/mol. The summed E-state index contributed by atoms with van der Waals surface area (Å²) in [4.78, 5) is 8.74. The first-order chi connectivity index (χ1) is 12.2. The van der Waals surface area contributed by atoms with Gasteiger partial charge in [-0.1, -0.05) is 12.1 Å². The number of furan rings is 1. The van der Waals surface area contributed by atoms with Gasteiger partial charge >= 0.3 is 0 Å². The molecule has 0 amide bonds. The molecular weight excluding hydrogens is 320 g/mol. The molecule has 0 aliphatic heterocycles. The molecule has 8 nitrogen and oxygen atoms in total. The van der Waals surface area contributed by atoms with Gasteiger partial charge in [-0.25, -0.2) is 4.98 Å². The molecule has 4 aromatic rings. The molecule has 0 saturated carbocycles. The fourth-order valence-electron chi connectivity index (χ4n) is 2.34. The quantitative estimate of drug-likeness (QED) is 0.439. The van der Waals surface area contributed by atoms with Crippen molar-refractivity contribution in [2.75, 3.05) is 5.43 Å². The summed E-state index contributed by atoms with van der Waals surface area (Å²) in [5.41, 5.74) is 4.28. The van der Waals surface area contributed by atoms with Crippen LogP contribution in [-0.2, 0) is 0 Å². The van der Waals surface area contributed by atoms with Gasteiger partial charge in [0.1, 0.15) is 5.75 Å². The first-order valence-corrected chi connectivity index (χ1v) is 7.56. The number of phenolic OH excluding ortho intramolecular Hbond substituents is 1. The third kappa shape index (κ3) is 2.92. The molecule has 0 aliphatic rings. The molecule has 0 unspecified atom stereocenters. The van der Waals surface area contributed by atoms with Crippen LogP contribution in [0.15, 0.2) is 58.2 Å². The Morgan fingerprint density at radius 1 is 1.20 bits per heavy atom. The molecule has 25 heavy (non-hydrogen) atoms. The molecule has 4 rings (SSSR count). The van der Waals surface area contributed by atoms with Crippen molar-refractivity contribution in [3.63, 3.8) is 0 Å². The number of nitrogens with zero attached hydrogens (tertiary/aromatic N) is 5. The van der Waals surface area contributed by atoms with Crippen molar-refractivity contribution in [3.05, 3.63) is 60.0 Å². The summed E-state index contributed by atoms with van der Waals surface area (Å²) in [5.74, 6) is 2.19. The van der Waals surface area contributed by atoms with E-state index >= 15 is 0 Å². The van der Waals surface area contributed by atoms with Gasteiger partial charge in [0.2, 0.25) is 5.82 Å². The zero-order valence-electron chi connectivity index (χ0n) is 13.3. The lowest BCUT2D eigenvalue weighted by molar-refractivity contribution is 0.474. The third-order valence-corrected chi connectivity index (χ3v) is 3.50. The van der Waals surface area contributed by atoms with Crippen LogP contribution in [0.5, 0.6) is 5.75 Å². The van der Waals surface area contributed by atoms with Gasteiger partial charge < -0.3 is 9.52 Å². The summed E-state index contributed by atoms with van der Waals surface area (Å²) in [7, 11) is 0. The third-order valence-electron chi connectivity index (χ3n) is 3.50. The monoisotopic (exact) mass is 334 g/mol. The van der Waals surface area contributed by atoms with Gasteiger partial charge in [0.05, 0.1) is 12.5 Å². The van der Waals surface area contributed by atoms with Crippen molar-refractivity contribution in [1.29, 1.82) is 0 Å². The van der Waals surface area contributed by atoms with Crippen molar-refractivity contribution < 1.29 is 9.52 Å². The van der Waals surface area contributed by atoms with Crippen LogP contribution in [0.4, 0.5) is 5.82 Å². The topological polar surface area (TPSA) is 101 Å². The number of rotatable bonds is 4. The standard InChI is InChI=1S/C17H14N6O2/c1-11-9-15(21-18-10-12-5-2-3-6-13(12)24)23-17(19-11)20-16(22-23)14-7-4-8-25-14/h2-10,21,24H,1H3/b18-10+. The number of hydrogen-bond donors (Lipinski definition) is 2. The molecule has 2 N–H and O–H groups in total. The summed E-state index contributed by atoms with van der Waals surface area (Å²) in [6.07, 6.45) is 3.09. The molecular formula is C17H14N6O2. The lowest BCUT2D eigenvalue weighted by Gasteiger charge is -2.04. The fraction of sp³-hybridized carbons (Fsp3) is 0.0588. The van der Waals surface area contributed by atoms with Gasteiger partial charge in [0, 0.05) is 17.3 Å². The van der Waals surface area contributed by atoms with Crippen LogP contribution < -0.4 is 5.43 Å². The van der Waals surface area contributed by atoms with E-state index in [-0.39, 0.29) is 5.75 Å². The Hall–Kier alpha value is -3.68. The molecule has 0 aliphatic carbocycles. The zero-order chi connectivity index (χ0) is 17.2. The molecule has 1 aromatic carbocycles. The number of hydrazone groups is 1. The van der Waals surface area contributed by atoms with E-state index in [0.717, 1.165) is 5.69 Å². The maximum Gasteiger partial charge on any atom is 0.255 e. The van der Waals surface area contributed by atoms with Gasteiger partial charge in [-0.3, -0.25) is 5.43 Å². The van der Waals surface area contributed by atoms with Crippen molar-refractivity contribution in [2.45, 2.75) is 6.92 Å². The number of aromatic hydroxyl groups is 1. The second-order valence-corrected chi connectivity index (χ2v) is 5.34. The van der Waals surface area contributed by atoms with Crippen LogP contribution in [0.25, 0.3) is 17.4 Å². The summed E-state index contributed by atoms with van der Waals surface area (Å²) in [5, 5.41) is 18.3. The summed E-state index contributed by atoms with van der Waals surface area (Å²) < 4.78 is 6.88. The molecule has 3 heterocycles. The highest BCUT2D eigenvalue weighted by molar-refractivity contribution is 5.83. The van der Waals surface area contributed by atoms with E-state index in [1.165, 1.54) is 6.21 Å². The summed E-state index contributed by atoms with van der Waals surface area (Å²) in [6, 6.07) is 12.3. The van der Waals surface area contributed by atoms with E-state index in [2.05, 4.69) is 25.6 Å².